The van der Waals surface area contributed by atoms with Gasteiger partial charge in [-0.05, 0) is 47.9 Å². The van der Waals surface area contributed by atoms with Crippen LogP contribution in [0.15, 0.2) is 48.5 Å². The van der Waals surface area contributed by atoms with E-state index in [9.17, 15) is 19.5 Å². The second kappa shape index (κ2) is 10.5. The van der Waals surface area contributed by atoms with Gasteiger partial charge in [-0.2, -0.15) is 0 Å². The molecule has 2 aromatic carbocycles. The van der Waals surface area contributed by atoms with Crippen molar-refractivity contribution in [1.82, 2.24) is 10.2 Å². The lowest BCUT2D eigenvalue weighted by Crippen LogP contribution is -2.54. The first-order chi connectivity index (χ1) is 16.9. The van der Waals surface area contributed by atoms with Gasteiger partial charge >= 0.3 is 12.1 Å². The van der Waals surface area contributed by atoms with Gasteiger partial charge < -0.3 is 20.1 Å². The third-order valence-corrected chi connectivity index (χ3v) is 7.50. The molecular formula is C28H34N2O5. The molecule has 0 bridgehead atoms. The first-order valence-electron chi connectivity index (χ1n) is 12.6. The molecule has 186 valence electrons. The van der Waals surface area contributed by atoms with Crippen LogP contribution in [0.3, 0.4) is 0 Å². The van der Waals surface area contributed by atoms with E-state index in [2.05, 4.69) is 29.6 Å². The fraction of sp³-hybridized carbons (Fsp3) is 0.464. The number of rotatable bonds is 9. The molecule has 1 aliphatic heterocycles. The molecule has 1 saturated heterocycles. The van der Waals surface area contributed by atoms with E-state index in [0.717, 1.165) is 28.7 Å². The number of fused-ring (bicyclic) bond motifs is 3. The number of hydrogen-bond donors (Lipinski definition) is 2. The van der Waals surface area contributed by atoms with Crippen molar-refractivity contribution in [3.63, 3.8) is 0 Å². The molecule has 0 spiro atoms. The first kappa shape index (κ1) is 24.8. The number of likely N-dealkylation sites (tertiary alicyclic amines) is 1. The van der Waals surface area contributed by atoms with Crippen LogP contribution in [0, 0.1) is 0 Å². The van der Waals surface area contributed by atoms with Crippen molar-refractivity contribution in [3.05, 3.63) is 59.7 Å². The summed E-state index contributed by atoms with van der Waals surface area (Å²) in [5.41, 5.74) is 3.46. The predicted molar refractivity (Wildman–Crippen MR) is 133 cm³/mol. The van der Waals surface area contributed by atoms with Gasteiger partial charge in [-0.1, -0.05) is 68.8 Å². The van der Waals surface area contributed by atoms with Crippen LogP contribution in [0.1, 0.15) is 69.4 Å². The largest absolute Gasteiger partial charge is 0.479 e. The summed E-state index contributed by atoms with van der Waals surface area (Å²) >= 11 is 0. The van der Waals surface area contributed by atoms with Gasteiger partial charge in [0.1, 0.15) is 12.1 Å². The summed E-state index contributed by atoms with van der Waals surface area (Å²) in [5.74, 6) is -1.23. The highest BCUT2D eigenvalue weighted by atomic mass is 16.5. The average Bonchev–Trinajstić information content (AvgIpc) is 3.43. The number of benzene rings is 2. The van der Waals surface area contributed by atoms with Crippen molar-refractivity contribution >= 4 is 18.0 Å². The highest BCUT2D eigenvalue weighted by Crippen LogP contribution is 2.44. The van der Waals surface area contributed by atoms with E-state index in [1.807, 2.05) is 31.2 Å². The molecule has 2 aromatic rings. The third-order valence-electron chi connectivity index (χ3n) is 7.50. The van der Waals surface area contributed by atoms with Gasteiger partial charge in [-0.15, -0.1) is 0 Å². The molecular weight excluding hydrogens is 444 g/mol. The molecule has 2 N–H and O–H groups in total. The Labute approximate surface area is 206 Å². The second-order valence-electron chi connectivity index (χ2n) is 9.50. The van der Waals surface area contributed by atoms with Crippen LogP contribution in [-0.4, -0.2) is 52.7 Å². The Hall–Kier alpha value is -3.35. The average molecular weight is 479 g/mol. The molecule has 1 unspecified atom stereocenters. The molecule has 0 radical (unpaired) electrons. The van der Waals surface area contributed by atoms with E-state index in [4.69, 9.17) is 4.74 Å². The minimum Gasteiger partial charge on any atom is -0.479 e. The third kappa shape index (κ3) is 4.77. The molecule has 2 atom stereocenters. The number of ether oxygens (including phenoxy) is 1. The van der Waals surface area contributed by atoms with Gasteiger partial charge in [0.2, 0.25) is 5.91 Å². The fourth-order valence-electron chi connectivity index (χ4n) is 5.68. The van der Waals surface area contributed by atoms with Crippen LogP contribution in [0.25, 0.3) is 11.1 Å². The number of hydrogen-bond acceptors (Lipinski definition) is 4. The van der Waals surface area contributed by atoms with Crippen LogP contribution >= 0.6 is 0 Å². The Morgan fingerprint density at radius 1 is 1.09 bits per heavy atom. The number of carboxylic acids is 1. The zero-order valence-electron chi connectivity index (χ0n) is 20.5. The number of amides is 2. The van der Waals surface area contributed by atoms with Crippen molar-refractivity contribution in [2.75, 3.05) is 13.2 Å². The zero-order valence-corrected chi connectivity index (χ0v) is 20.5. The van der Waals surface area contributed by atoms with Crippen molar-refractivity contribution in [2.24, 2.45) is 0 Å². The standard InChI is InChI=1S/C28H34N2O5/c1-3-10-19(17-25(31)30-16-9-15-28(30,4-2)26(32)33)29-27(34)35-18-24-22-13-7-5-11-20(22)21-12-6-8-14-23(21)24/h5-8,11-14,19,24H,3-4,9-10,15-18H2,1-2H3,(H,29,34)(H,32,33)/t19-,28?/m1/s1. The van der Waals surface area contributed by atoms with Crippen molar-refractivity contribution in [2.45, 2.75) is 69.9 Å². The van der Waals surface area contributed by atoms with Crippen LogP contribution in [-0.2, 0) is 14.3 Å². The summed E-state index contributed by atoms with van der Waals surface area (Å²) in [7, 11) is 0. The van der Waals surface area contributed by atoms with E-state index in [0.29, 0.717) is 32.2 Å². The molecule has 0 aromatic heterocycles. The maximum Gasteiger partial charge on any atom is 0.407 e. The fourth-order valence-corrected chi connectivity index (χ4v) is 5.68. The molecule has 7 nitrogen and oxygen atoms in total. The van der Waals surface area contributed by atoms with Gasteiger partial charge in [-0.3, -0.25) is 4.79 Å². The number of nitrogens with zero attached hydrogens (tertiary/aromatic N) is 1. The number of nitrogens with one attached hydrogen (secondary N) is 1. The monoisotopic (exact) mass is 478 g/mol. The van der Waals surface area contributed by atoms with Gasteiger partial charge in [-0.25, -0.2) is 9.59 Å². The Bertz CT molecular complexity index is 1050. The van der Waals surface area contributed by atoms with Crippen molar-refractivity contribution < 1.29 is 24.2 Å². The number of carbonyl (C=O) groups excluding carboxylic acids is 2. The van der Waals surface area contributed by atoms with Crippen molar-refractivity contribution in [1.29, 1.82) is 0 Å². The van der Waals surface area contributed by atoms with E-state index in [-0.39, 0.29) is 24.9 Å². The van der Waals surface area contributed by atoms with Gasteiger partial charge in [0.05, 0.1) is 0 Å². The lowest BCUT2D eigenvalue weighted by atomic mass is 9.92. The molecule has 0 saturated carbocycles. The highest BCUT2D eigenvalue weighted by Gasteiger charge is 2.48. The lowest BCUT2D eigenvalue weighted by Gasteiger charge is -2.35. The van der Waals surface area contributed by atoms with E-state index < -0.39 is 23.6 Å². The van der Waals surface area contributed by atoms with Gasteiger partial charge in [0.15, 0.2) is 0 Å². The maximum absolute atomic E-state index is 13.1. The summed E-state index contributed by atoms with van der Waals surface area (Å²) in [6.07, 6.45) is 2.39. The molecule has 2 amide bonds. The van der Waals surface area contributed by atoms with Crippen LogP contribution < -0.4 is 5.32 Å². The van der Waals surface area contributed by atoms with E-state index >= 15 is 0 Å². The molecule has 1 fully saturated rings. The molecule has 4 rings (SSSR count). The Morgan fingerprint density at radius 3 is 2.29 bits per heavy atom. The number of carboxylic acid groups (broad SMARTS) is 1. The topological polar surface area (TPSA) is 95.9 Å². The van der Waals surface area contributed by atoms with Crippen molar-refractivity contribution in [3.8, 4) is 11.1 Å². The summed E-state index contributed by atoms with van der Waals surface area (Å²) in [6.45, 7) is 4.43. The summed E-state index contributed by atoms with van der Waals surface area (Å²) < 4.78 is 5.65. The Kier molecular flexibility index (Phi) is 7.43. The predicted octanol–water partition coefficient (Wildman–Crippen LogP) is 4.94. The molecule has 7 heteroatoms. The van der Waals surface area contributed by atoms with Crippen LogP contribution in [0.2, 0.25) is 0 Å². The van der Waals surface area contributed by atoms with Crippen LogP contribution in [0.5, 0.6) is 0 Å². The summed E-state index contributed by atoms with van der Waals surface area (Å²) in [5, 5.41) is 12.7. The van der Waals surface area contributed by atoms with Gasteiger partial charge in [0.25, 0.3) is 0 Å². The molecule has 2 aliphatic rings. The smallest absolute Gasteiger partial charge is 0.407 e. The second-order valence-corrected chi connectivity index (χ2v) is 9.50. The maximum atomic E-state index is 13.1. The minimum absolute atomic E-state index is 0.0373. The summed E-state index contributed by atoms with van der Waals surface area (Å²) in [4.78, 5) is 39.3. The van der Waals surface area contributed by atoms with E-state index in [1.165, 1.54) is 4.90 Å². The number of alkyl carbamates (subject to hydrolysis) is 1. The minimum atomic E-state index is -1.14. The molecule has 1 aliphatic carbocycles. The highest BCUT2D eigenvalue weighted by molar-refractivity contribution is 5.88. The Morgan fingerprint density at radius 2 is 1.71 bits per heavy atom. The Balaban J connectivity index is 1.39. The quantitative estimate of drug-likeness (QED) is 0.532. The van der Waals surface area contributed by atoms with E-state index in [1.54, 1.807) is 6.92 Å². The lowest BCUT2D eigenvalue weighted by molar-refractivity contribution is -0.157. The van der Waals surface area contributed by atoms with Gasteiger partial charge in [0, 0.05) is 24.9 Å². The summed E-state index contributed by atoms with van der Waals surface area (Å²) in [6, 6.07) is 15.9. The SMILES string of the molecule is CCC[C@H](CC(=O)N1CCCC1(CC)C(=O)O)NC(=O)OCC1c2ccccc2-c2ccccc21. The number of aliphatic carboxylic acids is 1. The zero-order chi connectivity index (χ0) is 25.0. The first-order valence-corrected chi connectivity index (χ1v) is 12.6. The normalized spacial score (nSPS) is 19.7. The number of carbonyl (C=O) groups is 3. The molecule has 35 heavy (non-hydrogen) atoms. The molecule has 1 heterocycles. The van der Waals surface area contributed by atoms with Crippen LogP contribution in [0.4, 0.5) is 4.79 Å².